The van der Waals surface area contributed by atoms with E-state index in [1.807, 2.05) is 42.5 Å². The highest BCUT2D eigenvalue weighted by molar-refractivity contribution is 6.23. The number of fused-ring (bicyclic) bond motifs is 10. The van der Waals surface area contributed by atoms with Crippen molar-refractivity contribution in [3.05, 3.63) is 182 Å². The molecule has 12 rings (SSSR count). The number of benzene rings is 9. The summed E-state index contributed by atoms with van der Waals surface area (Å²) < 4.78 is 9.36. The van der Waals surface area contributed by atoms with Gasteiger partial charge in [0, 0.05) is 43.6 Å². The molecule has 0 bridgehead atoms. The van der Waals surface area contributed by atoms with Gasteiger partial charge < -0.3 is 8.98 Å². The van der Waals surface area contributed by atoms with Crippen LogP contribution in [0.4, 0.5) is 0 Å². The van der Waals surface area contributed by atoms with Gasteiger partial charge in [0.1, 0.15) is 11.2 Å². The lowest BCUT2D eigenvalue weighted by Crippen LogP contribution is -2.01. The Morgan fingerprint density at radius 1 is 0.375 bits per heavy atom. The Labute approximate surface area is 320 Å². The number of hydrogen-bond donors (Lipinski definition) is 0. The standard InChI is InChI=1S/C51H30N4O/c1-2-14-32(15-3-1)49-52-50(37-26-25-31-13-4-5-16-33(31)27-37)54-51(53-49)41-29-36-19-12-23-43(46(36)48-47(41)39-21-9-11-24-45(39)56-48)55-42-22-10-8-20-38(42)40-28-34-17-6-7-18-35(34)30-44(40)55/h1-30H. The highest BCUT2D eigenvalue weighted by Gasteiger charge is 2.23. The molecule has 56 heavy (non-hydrogen) atoms. The lowest BCUT2D eigenvalue weighted by Gasteiger charge is -2.14. The van der Waals surface area contributed by atoms with Crippen molar-refractivity contribution in [1.82, 2.24) is 19.5 Å². The molecule has 260 valence electrons. The molecule has 0 atom stereocenters. The monoisotopic (exact) mass is 714 g/mol. The van der Waals surface area contributed by atoms with Crippen molar-refractivity contribution >= 4 is 76.1 Å². The molecule has 0 radical (unpaired) electrons. The van der Waals surface area contributed by atoms with Crippen molar-refractivity contribution in [2.45, 2.75) is 0 Å². The highest BCUT2D eigenvalue weighted by atomic mass is 16.3. The minimum atomic E-state index is 0.592. The second-order valence-electron chi connectivity index (χ2n) is 14.4. The van der Waals surface area contributed by atoms with Crippen LogP contribution in [0.3, 0.4) is 0 Å². The first-order valence-electron chi connectivity index (χ1n) is 18.9. The van der Waals surface area contributed by atoms with Crippen LogP contribution in [0.15, 0.2) is 186 Å². The minimum Gasteiger partial charge on any atom is -0.455 e. The van der Waals surface area contributed by atoms with Crippen LogP contribution in [-0.2, 0) is 0 Å². The van der Waals surface area contributed by atoms with E-state index in [1.54, 1.807) is 0 Å². The third-order valence-electron chi connectivity index (χ3n) is 11.2. The van der Waals surface area contributed by atoms with Crippen LogP contribution in [0.25, 0.3) is 116 Å². The molecule has 12 aromatic rings. The molecule has 5 heteroatoms. The van der Waals surface area contributed by atoms with Crippen LogP contribution in [0.2, 0.25) is 0 Å². The number of rotatable bonds is 4. The van der Waals surface area contributed by atoms with Gasteiger partial charge in [-0.3, -0.25) is 0 Å². The summed E-state index contributed by atoms with van der Waals surface area (Å²) in [6, 6.07) is 63.9. The number of aromatic nitrogens is 4. The Kier molecular flexibility index (Phi) is 6.56. The molecule has 0 fully saturated rings. The topological polar surface area (TPSA) is 56.7 Å². The Morgan fingerprint density at radius 2 is 1.02 bits per heavy atom. The Bertz CT molecular complexity index is 3540. The van der Waals surface area contributed by atoms with Gasteiger partial charge in [-0.1, -0.05) is 140 Å². The lowest BCUT2D eigenvalue weighted by molar-refractivity contribution is 0.672. The zero-order chi connectivity index (χ0) is 36.7. The zero-order valence-electron chi connectivity index (χ0n) is 30.0. The summed E-state index contributed by atoms with van der Waals surface area (Å²) in [7, 11) is 0. The molecule has 0 saturated heterocycles. The molecule has 0 amide bonds. The van der Waals surface area contributed by atoms with Crippen molar-refractivity contribution in [1.29, 1.82) is 0 Å². The van der Waals surface area contributed by atoms with Gasteiger partial charge in [-0.2, -0.15) is 0 Å². The molecular formula is C51H30N4O. The molecule has 0 aliphatic heterocycles. The zero-order valence-corrected chi connectivity index (χ0v) is 30.0. The van der Waals surface area contributed by atoms with E-state index in [0.717, 1.165) is 71.5 Å². The van der Waals surface area contributed by atoms with Crippen LogP contribution in [0.5, 0.6) is 0 Å². The van der Waals surface area contributed by atoms with Gasteiger partial charge in [-0.05, 0) is 69.4 Å². The summed E-state index contributed by atoms with van der Waals surface area (Å²) in [6.07, 6.45) is 0. The van der Waals surface area contributed by atoms with Crippen LogP contribution >= 0.6 is 0 Å². The van der Waals surface area contributed by atoms with Crippen molar-refractivity contribution in [2.24, 2.45) is 0 Å². The first-order valence-corrected chi connectivity index (χ1v) is 18.9. The van der Waals surface area contributed by atoms with E-state index in [-0.39, 0.29) is 0 Å². The van der Waals surface area contributed by atoms with Crippen molar-refractivity contribution < 1.29 is 4.42 Å². The van der Waals surface area contributed by atoms with Crippen LogP contribution in [0, 0.1) is 0 Å². The molecular weight excluding hydrogens is 685 g/mol. The van der Waals surface area contributed by atoms with E-state index >= 15 is 0 Å². The molecule has 0 aliphatic carbocycles. The predicted octanol–water partition coefficient (Wildman–Crippen LogP) is 13.3. The minimum absolute atomic E-state index is 0.592. The van der Waals surface area contributed by atoms with Crippen molar-refractivity contribution in [3.63, 3.8) is 0 Å². The van der Waals surface area contributed by atoms with E-state index in [1.165, 1.54) is 26.9 Å². The second-order valence-corrected chi connectivity index (χ2v) is 14.4. The fraction of sp³-hybridized carbons (Fsp3) is 0. The summed E-state index contributed by atoms with van der Waals surface area (Å²) in [5.41, 5.74) is 7.70. The molecule has 0 unspecified atom stereocenters. The first-order chi connectivity index (χ1) is 27.7. The lowest BCUT2D eigenvalue weighted by atomic mass is 9.98. The van der Waals surface area contributed by atoms with Gasteiger partial charge in [-0.15, -0.1) is 0 Å². The molecule has 5 nitrogen and oxygen atoms in total. The van der Waals surface area contributed by atoms with E-state index in [2.05, 4.69) is 144 Å². The molecule has 3 aromatic heterocycles. The normalized spacial score (nSPS) is 11.9. The third-order valence-corrected chi connectivity index (χ3v) is 11.2. The van der Waals surface area contributed by atoms with E-state index < -0.39 is 0 Å². The molecule has 0 spiro atoms. The largest absolute Gasteiger partial charge is 0.455 e. The maximum absolute atomic E-state index is 6.95. The van der Waals surface area contributed by atoms with E-state index in [4.69, 9.17) is 19.4 Å². The van der Waals surface area contributed by atoms with E-state index in [9.17, 15) is 0 Å². The predicted molar refractivity (Wildman–Crippen MR) is 230 cm³/mol. The Morgan fingerprint density at radius 3 is 1.86 bits per heavy atom. The van der Waals surface area contributed by atoms with E-state index in [0.29, 0.717) is 17.5 Å². The molecule has 0 N–H and O–H groups in total. The summed E-state index contributed by atoms with van der Waals surface area (Å²) in [4.78, 5) is 15.6. The summed E-state index contributed by atoms with van der Waals surface area (Å²) >= 11 is 0. The first kappa shape index (κ1) is 30.8. The van der Waals surface area contributed by atoms with Crippen LogP contribution in [0.1, 0.15) is 0 Å². The third kappa shape index (κ3) is 4.64. The average molecular weight is 715 g/mol. The van der Waals surface area contributed by atoms with Gasteiger partial charge in [0.25, 0.3) is 0 Å². The van der Waals surface area contributed by atoms with Gasteiger partial charge in [0.2, 0.25) is 0 Å². The van der Waals surface area contributed by atoms with Gasteiger partial charge in [0.05, 0.1) is 16.7 Å². The molecule has 9 aromatic carbocycles. The quantitative estimate of drug-likeness (QED) is 0.182. The maximum Gasteiger partial charge on any atom is 0.164 e. The van der Waals surface area contributed by atoms with Gasteiger partial charge in [0.15, 0.2) is 17.5 Å². The van der Waals surface area contributed by atoms with Crippen LogP contribution in [-0.4, -0.2) is 19.5 Å². The Balaban J connectivity index is 1.18. The van der Waals surface area contributed by atoms with Crippen LogP contribution < -0.4 is 0 Å². The van der Waals surface area contributed by atoms with Gasteiger partial charge >= 0.3 is 0 Å². The SMILES string of the molecule is c1ccc(-c2nc(-c3ccc4ccccc4c3)nc(-c3cc4cccc(-n5c6ccccc6c6cc7ccccc7cc65)c4c4oc5ccccc5c34)n2)cc1. The number of nitrogens with zero attached hydrogens (tertiary/aromatic N) is 4. The molecule has 3 heterocycles. The fourth-order valence-electron chi connectivity index (χ4n) is 8.59. The highest BCUT2D eigenvalue weighted by Crippen LogP contribution is 2.44. The van der Waals surface area contributed by atoms with Gasteiger partial charge in [-0.25, -0.2) is 15.0 Å². The smallest absolute Gasteiger partial charge is 0.164 e. The molecule has 0 saturated carbocycles. The molecule has 0 aliphatic rings. The summed E-state index contributed by atoms with van der Waals surface area (Å²) in [5.74, 6) is 1.83. The van der Waals surface area contributed by atoms with Crippen molar-refractivity contribution in [3.8, 4) is 39.9 Å². The average Bonchev–Trinajstić information content (AvgIpc) is 3.81. The summed E-state index contributed by atoms with van der Waals surface area (Å²) in [6.45, 7) is 0. The summed E-state index contributed by atoms with van der Waals surface area (Å²) in [5, 5.41) is 11.2. The second kappa shape index (κ2) is 11.9. The number of para-hydroxylation sites is 2. The Hall–Kier alpha value is -7.63. The maximum atomic E-state index is 6.95. The number of hydrogen-bond acceptors (Lipinski definition) is 4. The fourth-order valence-corrected chi connectivity index (χ4v) is 8.59. The number of furan rings is 1. The van der Waals surface area contributed by atoms with Crippen molar-refractivity contribution in [2.75, 3.05) is 0 Å².